The van der Waals surface area contributed by atoms with Gasteiger partial charge in [0.1, 0.15) is 17.1 Å². The van der Waals surface area contributed by atoms with Crippen LogP contribution in [0.1, 0.15) is 28.4 Å². The first-order valence-electron chi connectivity index (χ1n) is 9.52. The number of methoxy groups -OCH3 is 2. The molecular weight excluding hydrogens is 390 g/mol. The van der Waals surface area contributed by atoms with Gasteiger partial charge in [-0.05, 0) is 42.8 Å². The third-order valence-electron chi connectivity index (χ3n) is 5.64. The molecule has 7 nitrogen and oxygen atoms in total. The Hall–Kier alpha value is -2.87. The SMILES string of the molecule is COc1cccc(OC)c1C(=O)NC(=S)N1C[C@@H]2C[C@H](C1)c1cccc(=O)n1C2. The number of likely N-dealkylation sites (tertiary alicyclic amines) is 1. The van der Waals surface area contributed by atoms with Gasteiger partial charge in [-0.1, -0.05) is 12.1 Å². The summed E-state index contributed by atoms with van der Waals surface area (Å²) in [5.41, 5.74) is 1.40. The largest absolute Gasteiger partial charge is 0.496 e. The topological polar surface area (TPSA) is 72.8 Å². The monoisotopic (exact) mass is 413 g/mol. The molecule has 2 atom stereocenters. The lowest BCUT2D eigenvalue weighted by Crippen LogP contribution is -2.52. The Morgan fingerprint density at radius 2 is 1.76 bits per heavy atom. The molecule has 152 valence electrons. The average molecular weight is 413 g/mol. The van der Waals surface area contributed by atoms with Crippen molar-refractivity contribution in [3.63, 3.8) is 0 Å². The number of nitrogens with zero attached hydrogens (tertiary/aromatic N) is 2. The molecule has 2 aliphatic heterocycles. The molecule has 0 unspecified atom stereocenters. The number of piperidine rings is 1. The highest BCUT2D eigenvalue weighted by Crippen LogP contribution is 2.35. The minimum Gasteiger partial charge on any atom is -0.496 e. The summed E-state index contributed by atoms with van der Waals surface area (Å²) in [5.74, 6) is 1.02. The second-order valence-electron chi connectivity index (χ2n) is 7.40. The van der Waals surface area contributed by atoms with Crippen molar-refractivity contribution in [3.05, 3.63) is 58.0 Å². The molecule has 2 bridgehead atoms. The molecule has 0 radical (unpaired) electrons. The summed E-state index contributed by atoms with van der Waals surface area (Å²) in [6.07, 6.45) is 1.02. The number of hydrogen-bond acceptors (Lipinski definition) is 5. The van der Waals surface area contributed by atoms with Gasteiger partial charge in [-0.3, -0.25) is 14.9 Å². The quantitative estimate of drug-likeness (QED) is 0.776. The number of carbonyl (C=O) groups excluding carboxylic acids is 1. The molecule has 2 aliphatic rings. The van der Waals surface area contributed by atoms with Crippen LogP contribution in [0.4, 0.5) is 0 Å². The summed E-state index contributed by atoms with van der Waals surface area (Å²) in [5, 5.41) is 3.21. The van der Waals surface area contributed by atoms with E-state index in [4.69, 9.17) is 21.7 Å². The van der Waals surface area contributed by atoms with E-state index in [0.29, 0.717) is 47.7 Å². The number of hydrogen-bond donors (Lipinski definition) is 1. The number of aromatic nitrogens is 1. The first kappa shape index (κ1) is 19.4. The lowest BCUT2D eigenvalue weighted by atomic mass is 9.83. The van der Waals surface area contributed by atoms with E-state index in [1.54, 1.807) is 24.3 Å². The molecule has 1 amide bonds. The minimum absolute atomic E-state index is 0.0461. The van der Waals surface area contributed by atoms with Gasteiger partial charge in [0, 0.05) is 37.3 Å². The summed E-state index contributed by atoms with van der Waals surface area (Å²) in [4.78, 5) is 27.1. The van der Waals surface area contributed by atoms with Crippen molar-refractivity contribution in [1.82, 2.24) is 14.8 Å². The van der Waals surface area contributed by atoms with Crippen molar-refractivity contribution >= 4 is 23.2 Å². The highest BCUT2D eigenvalue weighted by atomic mass is 32.1. The Kier molecular flexibility index (Phi) is 5.27. The fraction of sp³-hybridized carbons (Fsp3) is 0.381. The predicted octanol–water partition coefficient (Wildman–Crippen LogP) is 2.00. The summed E-state index contributed by atoms with van der Waals surface area (Å²) in [6, 6.07) is 10.6. The molecule has 2 aromatic rings. The van der Waals surface area contributed by atoms with Gasteiger partial charge in [-0.25, -0.2) is 0 Å². The number of nitrogens with one attached hydrogen (secondary N) is 1. The van der Waals surface area contributed by atoms with Crippen LogP contribution in [0, 0.1) is 5.92 Å². The van der Waals surface area contributed by atoms with Gasteiger partial charge in [-0.2, -0.15) is 0 Å². The number of pyridine rings is 1. The van der Waals surface area contributed by atoms with Crippen molar-refractivity contribution in [2.24, 2.45) is 5.92 Å². The van der Waals surface area contributed by atoms with E-state index < -0.39 is 0 Å². The highest BCUT2D eigenvalue weighted by Gasteiger charge is 2.35. The molecule has 8 heteroatoms. The van der Waals surface area contributed by atoms with Gasteiger partial charge in [0.05, 0.1) is 14.2 Å². The third-order valence-corrected chi connectivity index (χ3v) is 6.00. The van der Waals surface area contributed by atoms with Crippen molar-refractivity contribution in [2.45, 2.75) is 18.9 Å². The predicted molar refractivity (Wildman–Crippen MR) is 113 cm³/mol. The second-order valence-corrected chi connectivity index (χ2v) is 7.79. The fourth-order valence-electron chi connectivity index (χ4n) is 4.38. The van der Waals surface area contributed by atoms with Gasteiger partial charge < -0.3 is 18.9 Å². The van der Waals surface area contributed by atoms with Crippen LogP contribution in [-0.4, -0.2) is 47.8 Å². The van der Waals surface area contributed by atoms with Gasteiger partial charge in [0.25, 0.3) is 11.5 Å². The van der Waals surface area contributed by atoms with Crippen LogP contribution in [0.15, 0.2) is 41.2 Å². The molecule has 1 N–H and O–H groups in total. The normalized spacial score (nSPS) is 19.9. The van der Waals surface area contributed by atoms with E-state index in [-0.39, 0.29) is 17.4 Å². The van der Waals surface area contributed by atoms with E-state index in [2.05, 4.69) is 5.32 Å². The molecule has 29 heavy (non-hydrogen) atoms. The molecule has 0 spiro atoms. The number of amides is 1. The van der Waals surface area contributed by atoms with E-state index in [0.717, 1.165) is 12.1 Å². The van der Waals surface area contributed by atoms with Crippen LogP contribution in [0.3, 0.4) is 0 Å². The third kappa shape index (κ3) is 3.60. The van der Waals surface area contributed by atoms with Gasteiger partial charge >= 0.3 is 0 Å². The Balaban J connectivity index is 1.52. The van der Waals surface area contributed by atoms with Crippen molar-refractivity contribution in [1.29, 1.82) is 0 Å². The van der Waals surface area contributed by atoms with Crippen LogP contribution in [0.2, 0.25) is 0 Å². The Morgan fingerprint density at radius 3 is 2.45 bits per heavy atom. The van der Waals surface area contributed by atoms with Crippen LogP contribution in [-0.2, 0) is 6.54 Å². The number of rotatable bonds is 3. The van der Waals surface area contributed by atoms with Crippen LogP contribution in [0.5, 0.6) is 11.5 Å². The van der Waals surface area contributed by atoms with Gasteiger partial charge in [0.15, 0.2) is 5.11 Å². The maximum atomic E-state index is 12.9. The number of carbonyl (C=O) groups is 1. The number of ether oxygens (including phenoxy) is 2. The molecule has 0 aliphatic carbocycles. The fourth-order valence-corrected chi connectivity index (χ4v) is 4.62. The maximum absolute atomic E-state index is 12.9. The number of thiocarbonyl (C=S) groups is 1. The van der Waals surface area contributed by atoms with Crippen LogP contribution >= 0.6 is 12.2 Å². The number of fused-ring (bicyclic) bond motifs is 4. The summed E-state index contributed by atoms with van der Waals surface area (Å²) in [6.45, 7) is 2.06. The second kappa shape index (κ2) is 7.87. The summed E-state index contributed by atoms with van der Waals surface area (Å²) in [7, 11) is 3.02. The van der Waals surface area contributed by atoms with Crippen LogP contribution in [0.25, 0.3) is 0 Å². The maximum Gasteiger partial charge on any atom is 0.264 e. The molecule has 1 aromatic carbocycles. The van der Waals surface area contributed by atoms with E-state index in [1.807, 2.05) is 21.6 Å². The molecule has 1 aromatic heterocycles. The zero-order chi connectivity index (χ0) is 20.5. The minimum atomic E-state index is -0.364. The zero-order valence-electron chi connectivity index (χ0n) is 16.4. The first-order chi connectivity index (χ1) is 14.0. The van der Waals surface area contributed by atoms with Crippen LogP contribution < -0.4 is 20.3 Å². The summed E-state index contributed by atoms with van der Waals surface area (Å²) >= 11 is 5.56. The van der Waals surface area contributed by atoms with Crippen molar-refractivity contribution in [3.8, 4) is 11.5 Å². The Morgan fingerprint density at radius 1 is 1.07 bits per heavy atom. The lowest BCUT2D eigenvalue weighted by Gasteiger charge is -2.43. The van der Waals surface area contributed by atoms with E-state index in [1.165, 1.54) is 14.2 Å². The lowest BCUT2D eigenvalue weighted by molar-refractivity contribution is 0.0961. The zero-order valence-corrected chi connectivity index (χ0v) is 17.2. The molecular formula is C21H23N3O4S. The Bertz CT molecular complexity index is 997. The number of benzene rings is 1. The summed E-state index contributed by atoms with van der Waals surface area (Å²) < 4.78 is 12.5. The molecule has 4 rings (SSSR count). The Labute approximate surface area is 174 Å². The smallest absolute Gasteiger partial charge is 0.264 e. The van der Waals surface area contributed by atoms with Crippen molar-refractivity contribution < 1.29 is 14.3 Å². The van der Waals surface area contributed by atoms with Crippen molar-refractivity contribution in [2.75, 3.05) is 27.3 Å². The first-order valence-corrected chi connectivity index (χ1v) is 9.93. The van der Waals surface area contributed by atoms with Gasteiger partial charge in [0.2, 0.25) is 0 Å². The molecule has 1 saturated heterocycles. The average Bonchev–Trinajstić information content (AvgIpc) is 2.73. The van der Waals surface area contributed by atoms with E-state index in [9.17, 15) is 9.59 Å². The van der Waals surface area contributed by atoms with Gasteiger partial charge in [-0.15, -0.1) is 0 Å². The molecule has 1 fully saturated rings. The molecule has 3 heterocycles. The standard InChI is InChI=1S/C21H23N3O4S/c1-27-16-6-4-7-17(28-2)19(16)20(26)22-21(29)23-10-13-9-14(12-23)15-5-3-8-18(25)24(15)11-13/h3-8,13-14H,9-12H2,1-2H3,(H,22,26,29)/t13-,14+/m0/s1. The van der Waals surface area contributed by atoms with E-state index >= 15 is 0 Å². The highest BCUT2D eigenvalue weighted by molar-refractivity contribution is 7.80. The molecule has 0 saturated carbocycles.